The molecule has 4 nitrogen and oxygen atoms in total. The molecule has 1 aromatic rings. The van der Waals surface area contributed by atoms with Crippen molar-refractivity contribution in [3.05, 3.63) is 30.3 Å². The number of benzene rings is 1. The first-order valence-electron chi connectivity index (χ1n) is 7.45. The number of carbonyl (C=O) groups is 1. The van der Waals surface area contributed by atoms with Crippen LogP contribution in [0.4, 0.5) is 0 Å². The summed E-state index contributed by atoms with van der Waals surface area (Å²) in [4.78, 5) is 14.2. The number of piperidine rings is 1. The first-order chi connectivity index (χ1) is 9.83. The fourth-order valence-corrected chi connectivity index (χ4v) is 2.86. The maximum Gasteiger partial charge on any atom is 0.251 e. The quantitative estimate of drug-likeness (QED) is 0.849. The lowest BCUT2D eigenvalue weighted by atomic mass is 10.1. The summed E-state index contributed by atoms with van der Waals surface area (Å²) in [5.74, 6) is 1.08. The van der Waals surface area contributed by atoms with Crippen molar-refractivity contribution < 1.29 is 14.3 Å². The van der Waals surface area contributed by atoms with Gasteiger partial charge in [0.05, 0.1) is 0 Å². The van der Waals surface area contributed by atoms with Gasteiger partial charge in [-0.3, -0.25) is 4.79 Å². The topological polar surface area (TPSA) is 38.8 Å². The Balaban J connectivity index is 1.48. The first kappa shape index (κ1) is 13.4. The molecule has 0 unspecified atom stereocenters. The standard InChI is InChI=1S/C16H21NO3/c18-16(15-7-4-12-19-15)17-10-8-14(9-11-17)20-13-5-2-1-3-6-13/h1-3,5-6,14-15H,4,7-12H2/t15-/m0/s1. The molecule has 4 heteroatoms. The Morgan fingerprint density at radius 2 is 1.90 bits per heavy atom. The fourth-order valence-electron chi connectivity index (χ4n) is 2.86. The minimum atomic E-state index is -0.193. The predicted molar refractivity (Wildman–Crippen MR) is 75.6 cm³/mol. The summed E-state index contributed by atoms with van der Waals surface area (Å²) in [6.45, 7) is 2.27. The van der Waals surface area contributed by atoms with Crippen LogP contribution in [0.1, 0.15) is 25.7 Å². The predicted octanol–water partition coefficient (Wildman–Crippen LogP) is 2.24. The summed E-state index contributed by atoms with van der Waals surface area (Å²) in [5, 5.41) is 0. The second-order valence-corrected chi connectivity index (χ2v) is 5.46. The minimum absolute atomic E-state index is 0.167. The third-order valence-electron chi connectivity index (χ3n) is 4.00. The molecular formula is C16H21NO3. The van der Waals surface area contributed by atoms with Crippen LogP contribution in [0.15, 0.2) is 30.3 Å². The molecule has 0 bridgehead atoms. The zero-order chi connectivity index (χ0) is 13.8. The average molecular weight is 275 g/mol. The van der Waals surface area contributed by atoms with E-state index in [1.54, 1.807) is 0 Å². The minimum Gasteiger partial charge on any atom is -0.490 e. The van der Waals surface area contributed by atoms with E-state index in [4.69, 9.17) is 9.47 Å². The monoisotopic (exact) mass is 275 g/mol. The summed E-state index contributed by atoms with van der Waals surface area (Å²) < 4.78 is 11.4. The molecule has 2 fully saturated rings. The number of likely N-dealkylation sites (tertiary alicyclic amines) is 1. The molecule has 0 spiro atoms. The third-order valence-corrected chi connectivity index (χ3v) is 4.00. The van der Waals surface area contributed by atoms with Gasteiger partial charge in [-0.25, -0.2) is 0 Å². The van der Waals surface area contributed by atoms with Gasteiger partial charge in [-0.1, -0.05) is 18.2 Å². The zero-order valence-corrected chi connectivity index (χ0v) is 11.7. The third kappa shape index (κ3) is 3.12. The molecular weight excluding hydrogens is 254 g/mol. The van der Waals surface area contributed by atoms with Gasteiger partial charge in [0.1, 0.15) is 18.0 Å². The van der Waals surface area contributed by atoms with Crippen molar-refractivity contribution in [1.29, 1.82) is 0 Å². The first-order valence-corrected chi connectivity index (χ1v) is 7.45. The zero-order valence-electron chi connectivity index (χ0n) is 11.7. The van der Waals surface area contributed by atoms with Crippen LogP contribution in [0.5, 0.6) is 5.75 Å². The second-order valence-electron chi connectivity index (χ2n) is 5.46. The molecule has 2 heterocycles. The van der Waals surface area contributed by atoms with Crippen molar-refractivity contribution in [2.45, 2.75) is 37.9 Å². The van der Waals surface area contributed by atoms with Crippen LogP contribution < -0.4 is 4.74 Å². The molecule has 2 saturated heterocycles. The summed E-state index contributed by atoms with van der Waals surface area (Å²) in [6.07, 6.45) is 3.69. The van der Waals surface area contributed by atoms with E-state index in [-0.39, 0.29) is 18.1 Å². The molecule has 1 atom stereocenters. The second kappa shape index (κ2) is 6.27. The molecule has 0 saturated carbocycles. The van der Waals surface area contributed by atoms with Crippen molar-refractivity contribution >= 4 is 5.91 Å². The van der Waals surface area contributed by atoms with Crippen LogP contribution in [0.25, 0.3) is 0 Å². The number of hydrogen-bond acceptors (Lipinski definition) is 3. The highest BCUT2D eigenvalue weighted by Crippen LogP contribution is 2.21. The normalized spacial score (nSPS) is 23.8. The lowest BCUT2D eigenvalue weighted by Crippen LogP contribution is -2.45. The van der Waals surface area contributed by atoms with E-state index >= 15 is 0 Å². The molecule has 20 heavy (non-hydrogen) atoms. The lowest BCUT2D eigenvalue weighted by molar-refractivity contribution is -0.142. The van der Waals surface area contributed by atoms with Crippen molar-refractivity contribution in [2.24, 2.45) is 0 Å². The van der Waals surface area contributed by atoms with E-state index in [9.17, 15) is 4.79 Å². The molecule has 2 aliphatic rings. The van der Waals surface area contributed by atoms with E-state index < -0.39 is 0 Å². The smallest absolute Gasteiger partial charge is 0.251 e. The van der Waals surface area contributed by atoms with Crippen LogP contribution >= 0.6 is 0 Å². The van der Waals surface area contributed by atoms with Crippen LogP contribution in [-0.2, 0) is 9.53 Å². The van der Waals surface area contributed by atoms with Gasteiger partial charge in [-0.15, -0.1) is 0 Å². The molecule has 2 aliphatic heterocycles. The Kier molecular flexibility index (Phi) is 4.21. The molecule has 0 aliphatic carbocycles. The average Bonchev–Trinajstić information content (AvgIpc) is 3.03. The van der Waals surface area contributed by atoms with Crippen molar-refractivity contribution in [1.82, 2.24) is 4.90 Å². The van der Waals surface area contributed by atoms with Gasteiger partial charge in [-0.05, 0) is 25.0 Å². The number of hydrogen-bond donors (Lipinski definition) is 0. The van der Waals surface area contributed by atoms with Gasteiger partial charge < -0.3 is 14.4 Å². The Morgan fingerprint density at radius 3 is 2.55 bits per heavy atom. The Bertz CT molecular complexity index is 434. The van der Waals surface area contributed by atoms with Gasteiger partial charge in [-0.2, -0.15) is 0 Å². The number of para-hydroxylation sites is 1. The van der Waals surface area contributed by atoms with E-state index in [1.165, 1.54) is 0 Å². The molecule has 108 valence electrons. The number of amides is 1. The Labute approximate surface area is 119 Å². The summed E-state index contributed by atoms with van der Waals surface area (Å²) >= 11 is 0. The van der Waals surface area contributed by atoms with E-state index in [2.05, 4.69) is 0 Å². The van der Waals surface area contributed by atoms with Crippen LogP contribution in [-0.4, -0.2) is 42.7 Å². The van der Waals surface area contributed by atoms with Crippen molar-refractivity contribution in [2.75, 3.05) is 19.7 Å². The number of nitrogens with zero attached hydrogens (tertiary/aromatic N) is 1. The van der Waals surface area contributed by atoms with Gasteiger partial charge in [0.25, 0.3) is 5.91 Å². The largest absolute Gasteiger partial charge is 0.490 e. The summed E-state index contributed by atoms with van der Waals surface area (Å²) in [6, 6.07) is 9.89. The SMILES string of the molecule is O=C([C@@H]1CCCO1)N1CCC(Oc2ccccc2)CC1. The maximum absolute atomic E-state index is 12.2. The number of carbonyl (C=O) groups excluding carboxylic acids is 1. The lowest BCUT2D eigenvalue weighted by Gasteiger charge is -2.33. The summed E-state index contributed by atoms with van der Waals surface area (Å²) in [5.41, 5.74) is 0. The van der Waals surface area contributed by atoms with Crippen molar-refractivity contribution in [3.63, 3.8) is 0 Å². The van der Waals surface area contributed by atoms with Crippen molar-refractivity contribution in [3.8, 4) is 5.75 Å². The molecule has 0 aromatic heterocycles. The Morgan fingerprint density at radius 1 is 1.15 bits per heavy atom. The number of ether oxygens (including phenoxy) is 2. The molecule has 3 rings (SSSR count). The van der Waals surface area contributed by atoms with Crippen LogP contribution in [0.3, 0.4) is 0 Å². The molecule has 1 amide bonds. The maximum atomic E-state index is 12.2. The Hall–Kier alpha value is -1.55. The van der Waals surface area contributed by atoms with Gasteiger partial charge in [0.2, 0.25) is 0 Å². The molecule has 0 radical (unpaired) electrons. The van der Waals surface area contributed by atoms with Gasteiger partial charge in [0, 0.05) is 32.5 Å². The van der Waals surface area contributed by atoms with E-state index in [0.717, 1.165) is 51.1 Å². The highest BCUT2D eigenvalue weighted by atomic mass is 16.5. The highest BCUT2D eigenvalue weighted by molar-refractivity contribution is 5.81. The fraction of sp³-hybridized carbons (Fsp3) is 0.562. The van der Waals surface area contributed by atoms with Gasteiger partial charge in [0.15, 0.2) is 0 Å². The number of rotatable bonds is 3. The van der Waals surface area contributed by atoms with Gasteiger partial charge >= 0.3 is 0 Å². The van der Waals surface area contributed by atoms with Crippen LogP contribution in [0.2, 0.25) is 0 Å². The highest BCUT2D eigenvalue weighted by Gasteiger charge is 2.31. The van der Waals surface area contributed by atoms with E-state index in [1.807, 2.05) is 35.2 Å². The summed E-state index contributed by atoms with van der Waals surface area (Å²) in [7, 11) is 0. The van der Waals surface area contributed by atoms with E-state index in [0.29, 0.717) is 0 Å². The molecule has 0 N–H and O–H groups in total. The molecule has 1 aromatic carbocycles. The van der Waals surface area contributed by atoms with Crippen LogP contribution in [0, 0.1) is 0 Å².